The molecule has 2 fully saturated rings. The van der Waals surface area contributed by atoms with E-state index in [0.717, 1.165) is 69.2 Å². The van der Waals surface area contributed by atoms with Crippen LogP contribution in [0.1, 0.15) is 95.9 Å². The largest absolute Gasteiger partial charge is 0.384 e. The smallest absolute Gasteiger partial charge is 0.231 e. The van der Waals surface area contributed by atoms with Crippen LogP contribution < -0.4 is 9.80 Å². The van der Waals surface area contributed by atoms with Gasteiger partial charge in [-0.25, -0.2) is 4.98 Å². The third-order valence-corrected chi connectivity index (χ3v) is 8.22. The van der Waals surface area contributed by atoms with Crippen molar-refractivity contribution >= 4 is 17.4 Å². The van der Waals surface area contributed by atoms with Crippen molar-refractivity contribution in [3.8, 4) is 12.1 Å². The Morgan fingerprint density at radius 1 is 1.10 bits per heavy atom. The molecule has 8 nitrogen and oxygen atoms in total. The van der Waals surface area contributed by atoms with Gasteiger partial charge in [0.2, 0.25) is 5.91 Å². The number of benzene rings is 1. The zero-order valence-electron chi connectivity index (χ0n) is 25.9. The van der Waals surface area contributed by atoms with Crippen LogP contribution in [0.3, 0.4) is 0 Å². The van der Waals surface area contributed by atoms with E-state index >= 15 is 0 Å². The first kappa shape index (κ1) is 32.8. The summed E-state index contributed by atoms with van der Waals surface area (Å²) in [5.41, 5.74) is 2.34. The van der Waals surface area contributed by atoms with Crippen molar-refractivity contribution in [2.45, 2.75) is 91.6 Å². The van der Waals surface area contributed by atoms with Gasteiger partial charge in [-0.05, 0) is 88.8 Å². The van der Waals surface area contributed by atoms with Crippen molar-refractivity contribution in [3.05, 3.63) is 59.7 Å². The lowest BCUT2D eigenvalue weighted by molar-refractivity contribution is -0.125. The maximum absolute atomic E-state index is 13.5. The van der Waals surface area contributed by atoms with Crippen LogP contribution in [0.2, 0.25) is 0 Å². The summed E-state index contributed by atoms with van der Waals surface area (Å²) < 4.78 is 0. The number of aryl methyl sites for hydroxylation is 1. The van der Waals surface area contributed by atoms with Gasteiger partial charge >= 0.3 is 0 Å². The Hall–Kier alpha value is -3.75. The van der Waals surface area contributed by atoms with E-state index < -0.39 is 5.60 Å². The number of aliphatic hydroxyl groups is 1. The Morgan fingerprint density at radius 3 is 2.31 bits per heavy atom. The molecule has 2 saturated carbocycles. The lowest BCUT2D eigenvalue weighted by Gasteiger charge is -2.37. The van der Waals surface area contributed by atoms with Gasteiger partial charge in [-0.1, -0.05) is 31.9 Å². The van der Waals surface area contributed by atoms with Crippen LogP contribution in [0.15, 0.2) is 42.9 Å². The number of nitriles is 2. The summed E-state index contributed by atoms with van der Waals surface area (Å²) in [5.74, 6) is 1.68. The highest BCUT2D eigenvalue weighted by molar-refractivity contribution is 5.94. The standard InChI is InChI=1S/C32H43N5O2.C2H3N/c1-5-6-15-36(28-17-24(18-33)14-13-23(28)2)21-25-9-7-10-26(16-25)22-37(31(38)27-11-8-12-27)30-20-34-29(19-35-30)32(3,4)39;1-2-3/h6,13-15,17,19-20,25-27,39H,5,7-12,16,21-22H2,1-4H3;1H3/b15-6-;. The molecule has 0 aliphatic heterocycles. The van der Waals surface area contributed by atoms with Crippen LogP contribution in [0.25, 0.3) is 0 Å². The van der Waals surface area contributed by atoms with E-state index in [-0.39, 0.29) is 11.8 Å². The van der Waals surface area contributed by atoms with Gasteiger partial charge in [-0.15, -0.1) is 0 Å². The fourth-order valence-electron chi connectivity index (χ4n) is 5.68. The van der Waals surface area contributed by atoms with E-state index in [1.54, 1.807) is 32.3 Å². The van der Waals surface area contributed by atoms with Crippen LogP contribution in [-0.2, 0) is 10.4 Å². The summed E-state index contributed by atoms with van der Waals surface area (Å²) in [6, 6.07) is 9.92. The number of rotatable bonds is 10. The fraction of sp³-hybridized carbons (Fsp3) is 0.559. The summed E-state index contributed by atoms with van der Waals surface area (Å²) in [5, 5.41) is 27.1. The lowest BCUT2D eigenvalue weighted by Crippen LogP contribution is -2.43. The molecule has 1 aromatic carbocycles. The minimum absolute atomic E-state index is 0.0743. The van der Waals surface area contributed by atoms with Gasteiger partial charge in [-0.3, -0.25) is 14.7 Å². The average molecular weight is 571 g/mol. The van der Waals surface area contributed by atoms with Crippen LogP contribution in [0.5, 0.6) is 0 Å². The highest BCUT2D eigenvalue weighted by Crippen LogP contribution is 2.35. The Morgan fingerprint density at radius 2 is 1.76 bits per heavy atom. The zero-order valence-corrected chi connectivity index (χ0v) is 25.9. The molecule has 1 aromatic heterocycles. The highest BCUT2D eigenvalue weighted by atomic mass is 16.3. The molecule has 2 unspecified atom stereocenters. The van der Waals surface area contributed by atoms with Crippen LogP contribution in [0.4, 0.5) is 11.5 Å². The second kappa shape index (κ2) is 15.5. The molecule has 0 bridgehead atoms. The summed E-state index contributed by atoms with van der Waals surface area (Å²) in [6.07, 6.45) is 15.9. The highest BCUT2D eigenvalue weighted by Gasteiger charge is 2.34. The third-order valence-electron chi connectivity index (χ3n) is 8.22. The monoisotopic (exact) mass is 570 g/mol. The lowest BCUT2D eigenvalue weighted by atomic mass is 9.80. The number of carbonyl (C=O) groups is 1. The van der Waals surface area contributed by atoms with Gasteiger partial charge in [0, 0.05) is 37.8 Å². The zero-order chi connectivity index (χ0) is 30.7. The average Bonchev–Trinajstić information content (AvgIpc) is 2.93. The number of hydrogen-bond donors (Lipinski definition) is 1. The molecule has 2 aromatic rings. The third kappa shape index (κ3) is 8.87. The summed E-state index contributed by atoms with van der Waals surface area (Å²) >= 11 is 0. The number of allylic oxidation sites excluding steroid dienone is 1. The first-order chi connectivity index (χ1) is 20.1. The van der Waals surface area contributed by atoms with Gasteiger partial charge in [0.05, 0.1) is 35.8 Å². The molecule has 42 heavy (non-hydrogen) atoms. The number of nitrogens with zero attached hydrogens (tertiary/aromatic N) is 6. The molecule has 2 atom stereocenters. The molecule has 1 N–H and O–H groups in total. The minimum Gasteiger partial charge on any atom is -0.384 e. The van der Waals surface area contributed by atoms with Gasteiger partial charge < -0.3 is 10.0 Å². The molecule has 224 valence electrons. The number of hydrogen-bond acceptors (Lipinski definition) is 7. The molecular formula is C34H46N6O2. The first-order valence-corrected chi connectivity index (χ1v) is 15.2. The van der Waals surface area contributed by atoms with Crippen LogP contribution in [-0.4, -0.2) is 34.1 Å². The maximum atomic E-state index is 13.5. The molecule has 0 spiro atoms. The first-order valence-electron chi connectivity index (χ1n) is 15.2. The predicted octanol–water partition coefficient (Wildman–Crippen LogP) is 6.78. The molecule has 2 aliphatic carbocycles. The fourth-order valence-corrected chi connectivity index (χ4v) is 5.68. The van der Waals surface area contributed by atoms with Gasteiger partial charge in [-0.2, -0.15) is 10.5 Å². The number of anilines is 2. The molecule has 2 aliphatic rings. The molecule has 1 amide bonds. The molecule has 0 radical (unpaired) electrons. The Balaban J connectivity index is 0.00000155. The summed E-state index contributed by atoms with van der Waals surface area (Å²) in [7, 11) is 0. The normalized spacial score (nSPS) is 18.7. The molecule has 1 heterocycles. The quantitative estimate of drug-likeness (QED) is 0.334. The topological polar surface area (TPSA) is 117 Å². The minimum atomic E-state index is -1.08. The van der Waals surface area contributed by atoms with Crippen LogP contribution >= 0.6 is 0 Å². The van der Waals surface area contributed by atoms with E-state index in [4.69, 9.17) is 5.26 Å². The van der Waals surface area contributed by atoms with Gasteiger partial charge in [0.15, 0.2) is 5.82 Å². The van der Waals surface area contributed by atoms with Crippen molar-refractivity contribution in [2.75, 3.05) is 22.9 Å². The summed E-state index contributed by atoms with van der Waals surface area (Å²) in [6.45, 7) is 10.6. The second-order valence-corrected chi connectivity index (χ2v) is 12.1. The Labute approximate surface area is 251 Å². The van der Waals surface area contributed by atoms with E-state index in [1.807, 2.05) is 23.1 Å². The van der Waals surface area contributed by atoms with Crippen molar-refractivity contribution in [1.82, 2.24) is 9.97 Å². The van der Waals surface area contributed by atoms with Crippen molar-refractivity contribution in [3.63, 3.8) is 0 Å². The SMILES string of the molecule is CC#N.CC/C=C\N(CC1CCCC(CN(C(=O)C2CCC2)c2cnc(C(C)(C)O)cn2)C1)c1cc(C#N)ccc1C. The van der Waals surface area contributed by atoms with E-state index in [0.29, 0.717) is 35.5 Å². The Kier molecular flexibility index (Phi) is 12.1. The second-order valence-electron chi connectivity index (χ2n) is 12.1. The van der Waals surface area contributed by atoms with Gasteiger partial charge in [0.1, 0.15) is 5.60 Å². The van der Waals surface area contributed by atoms with Gasteiger partial charge in [0.25, 0.3) is 0 Å². The molecule has 8 heteroatoms. The number of aromatic nitrogens is 2. The number of amides is 1. The predicted molar refractivity (Wildman–Crippen MR) is 166 cm³/mol. The molecule has 0 saturated heterocycles. The number of carbonyl (C=O) groups excluding carboxylic acids is 1. The van der Waals surface area contributed by atoms with Crippen LogP contribution in [0, 0.1) is 47.3 Å². The summed E-state index contributed by atoms with van der Waals surface area (Å²) in [4.78, 5) is 26.7. The molecule has 4 rings (SSSR count). The van der Waals surface area contributed by atoms with E-state index in [1.165, 1.54) is 6.92 Å². The van der Waals surface area contributed by atoms with Crippen molar-refractivity contribution < 1.29 is 9.90 Å². The maximum Gasteiger partial charge on any atom is 0.231 e. The van der Waals surface area contributed by atoms with Crippen molar-refractivity contribution in [1.29, 1.82) is 10.5 Å². The van der Waals surface area contributed by atoms with E-state index in [2.05, 4.69) is 47.1 Å². The van der Waals surface area contributed by atoms with E-state index in [9.17, 15) is 15.2 Å². The van der Waals surface area contributed by atoms with Crippen molar-refractivity contribution in [2.24, 2.45) is 17.8 Å². The Bertz CT molecular complexity index is 1280. The molecular weight excluding hydrogens is 524 g/mol.